The lowest BCUT2D eigenvalue weighted by molar-refractivity contribution is 0.433. The first-order valence-electron chi connectivity index (χ1n) is 6.48. The fourth-order valence-electron chi connectivity index (χ4n) is 2.00. The van der Waals surface area contributed by atoms with Crippen molar-refractivity contribution in [2.75, 3.05) is 11.9 Å². The summed E-state index contributed by atoms with van der Waals surface area (Å²) in [6.45, 7) is 0. The number of anilines is 2. The number of aromatic hydroxyl groups is 1. The molecule has 0 aliphatic heterocycles. The quantitative estimate of drug-likeness (QED) is 0.795. The fourth-order valence-corrected chi connectivity index (χ4v) is 2.00. The summed E-state index contributed by atoms with van der Waals surface area (Å²) in [4.78, 5) is 7.28. The van der Waals surface area contributed by atoms with Crippen molar-refractivity contribution in [3.05, 3.63) is 42.3 Å². The minimum Gasteiger partial charge on any atom is -0.505 e. The van der Waals surface area contributed by atoms with Crippen LogP contribution in [0.4, 0.5) is 16.2 Å². The van der Waals surface area contributed by atoms with E-state index in [-0.39, 0.29) is 5.75 Å². The van der Waals surface area contributed by atoms with Crippen molar-refractivity contribution >= 4 is 11.8 Å². The van der Waals surface area contributed by atoms with E-state index in [1.807, 2.05) is 0 Å². The molecule has 0 radical (unpaired) electrons. The van der Waals surface area contributed by atoms with Gasteiger partial charge >= 0.3 is 0 Å². The summed E-state index contributed by atoms with van der Waals surface area (Å²) in [6.07, 6.45) is 1.53. The molecule has 0 saturated heterocycles. The Labute approximate surface area is 125 Å². The van der Waals surface area contributed by atoms with Gasteiger partial charge in [-0.25, -0.2) is 9.37 Å². The van der Waals surface area contributed by atoms with Crippen LogP contribution >= 0.6 is 0 Å². The van der Waals surface area contributed by atoms with Gasteiger partial charge in [0.1, 0.15) is 5.82 Å². The standard InChI is InChI=1S/C14H13FN6O/c1-20(14-17-19-21(2)18-14)12-7-6-9(8-16-12)10-4-3-5-11(22)13(10)15/h3-8,22H,1-2H3. The van der Waals surface area contributed by atoms with Crippen LogP contribution in [0.1, 0.15) is 0 Å². The number of phenolic OH excluding ortho intramolecular Hbond substituents is 1. The van der Waals surface area contributed by atoms with Crippen molar-refractivity contribution in [3.8, 4) is 16.9 Å². The molecule has 0 fully saturated rings. The smallest absolute Gasteiger partial charge is 0.271 e. The Morgan fingerprint density at radius 2 is 2.05 bits per heavy atom. The van der Waals surface area contributed by atoms with Crippen LogP contribution in [0.3, 0.4) is 0 Å². The fraction of sp³-hybridized carbons (Fsp3) is 0.143. The van der Waals surface area contributed by atoms with Gasteiger partial charge in [-0.1, -0.05) is 17.2 Å². The van der Waals surface area contributed by atoms with E-state index in [1.165, 1.54) is 17.1 Å². The van der Waals surface area contributed by atoms with Gasteiger partial charge in [0.15, 0.2) is 11.6 Å². The zero-order valence-corrected chi connectivity index (χ0v) is 12.0. The molecule has 0 saturated carbocycles. The van der Waals surface area contributed by atoms with Crippen LogP contribution in [0.15, 0.2) is 36.5 Å². The predicted octanol–water partition coefficient (Wildman–Crippen LogP) is 1.88. The highest BCUT2D eigenvalue weighted by molar-refractivity contribution is 5.67. The van der Waals surface area contributed by atoms with Crippen LogP contribution in [0.2, 0.25) is 0 Å². The molecule has 22 heavy (non-hydrogen) atoms. The third kappa shape index (κ3) is 2.46. The lowest BCUT2D eigenvalue weighted by Crippen LogP contribution is -2.13. The van der Waals surface area contributed by atoms with E-state index in [1.54, 1.807) is 43.3 Å². The molecule has 8 heteroatoms. The topological polar surface area (TPSA) is 80.0 Å². The highest BCUT2D eigenvalue weighted by Crippen LogP contribution is 2.29. The van der Waals surface area contributed by atoms with E-state index >= 15 is 0 Å². The molecule has 0 amide bonds. The minimum atomic E-state index is -0.666. The van der Waals surface area contributed by atoms with Crippen LogP contribution in [0.5, 0.6) is 5.75 Å². The molecule has 1 N–H and O–H groups in total. The first kappa shape index (κ1) is 13.9. The number of rotatable bonds is 3. The first-order valence-corrected chi connectivity index (χ1v) is 6.48. The van der Waals surface area contributed by atoms with Gasteiger partial charge < -0.3 is 5.11 Å². The highest BCUT2D eigenvalue weighted by Gasteiger charge is 2.13. The normalized spacial score (nSPS) is 10.7. The summed E-state index contributed by atoms with van der Waals surface area (Å²) in [7, 11) is 3.43. The number of nitrogens with zero attached hydrogens (tertiary/aromatic N) is 6. The van der Waals surface area contributed by atoms with Crippen LogP contribution in [-0.4, -0.2) is 37.3 Å². The van der Waals surface area contributed by atoms with Gasteiger partial charge in [0.05, 0.1) is 7.05 Å². The molecule has 1 aromatic carbocycles. The maximum atomic E-state index is 13.9. The number of hydrogen-bond acceptors (Lipinski definition) is 6. The average molecular weight is 300 g/mol. The SMILES string of the molecule is CN(c1ccc(-c2cccc(O)c2F)cn1)c1nnn(C)n1. The third-order valence-corrected chi connectivity index (χ3v) is 3.18. The van der Waals surface area contributed by atoms with Gasteiger partial charge in [-0.15, -0.1) is 5.10 Å². The number of aryl methyl sites for hydroxylation is 1. The number of hydrogen-bond donors (Lipinski definition) is 1. The maximum Gasteiger partial charge on any atom is 0.271 e. The molecule has 2 heterocycles. The summed E-state index contributed by atoms with van der Waals surface area (Å²) in [5.41, 5.74) is 0.858. The van der Waals surface area contributed by atoms with E-state index in [0.29, 0.717) is 22.9 Å². The first-order chi connectivity index (χ1) is 10.6. The molecule has 0 aliphatic rings. The monoisotopic (exact) mass is 300 g/mol. The zero-order chi connectivity index (χ0) is 15.7. The Bertz CT molecular complexity index is 801. The molecule has 0 aliphatic carbocycles. The second-order valence-corrected chi connectivity index (χ2v) is 4.68. The molecular formula is C14H13FN6O. The summed E-state index contributed by atoms with van der Waals surface area (Å²) >= 11 is 0. The van der Waals surface area contributed by atoms with Crippen LogP contribution in [0.25, 0.3) is 11.1 Å². The number of phenols is 1. The minimum absolute atomic E-state index is 0.291. The molecule has 3 aromatic rings. The highest BCUT2D eigenvalue weighted by atomic mass is 19.1. The Morgan fingerprint density at radius 1 is 1.23 bits per heavy atom. The second-order valence-electron chi connectivity index (χ2n) is 4.68. The van der Waals surface area contributed by atoms with Crippen LogP contribution < -0.4 is 4.90 Å². The molecule has 0 atom stereocenters. The van der Waals surface area contributed by atoms with E-state index in [4.69, 9.17) is 0 Å². The molecule has 7 nitrogen and oxygen atoms in total. The van der Waals surface area contributed by atoms with E-state index in [2.05, 4.69) is 20.4 Å². The van der Waals surface area contributed by atoms with Gasteiger partial charge in [-0.2, -0.15) is 4.80 Å². The summed E-state index contributed by atoms with van der Waals surface area (Å²) < 4.78 is 13.9. The molecular weight excluding hydrogens is 287 g/mol. The summed E-state index contributed by atoms with van der Waals surface area (Å²) in [5, 5.41) is 21.2. The van der Waals surface area contributed by atoms with Crippen LogP contribution in [-0.2, 0) is 7.05 Å². The average Bonchev–Trinajstić information content (AvgIpc) is 2.96. The molecule has 3 rings (SSSR count). The molecule has 0 spiro atoms. The lowest BCUT2D eigenvalue weighted by atomic mass is 10.1. The van der Waals surface area contributed by atoms with Gasteiger partial charge in [-0.05, 0) is 23.4 Å². The molecule has 0 unspecified atom stereocenters. The van der Waals surface area contributed by atoms with E-state index in [0.717, 1.165) is 0 Å². The summed E-state index contributed by atoms with van der Waals surface area (Å²) in [5.74, 6) is -0.0490. The molecule has 0 bridgehead atoms. The van der Waals surface area contributed by atoms with Gasteiger partial charge in [0.25, 0.3) is 5.95 Å². The molecule has 112 valence electrons. The number of aromatic nitrogens is 5. The Hall–Kier alpha value is -3.03. The van der Waals surface area contributed by atoms with Gasteiger partial charge in [0, 0.05) is 24.4 Å². The van der Waals surface area contributed by atoms with E-state index in [9.17, 15) is 9.50 Å². The maximum absolute atomic E-state index is 13.9. The van der Waals surface area contributed by atoms with Crippen molar-refractivity contribution in [2.24, 2.45) is 7.05 Å². The lowest BCUT2D eigenvalue weighted by Gasteiger charge is -2.13. The number of halogens is 1. The van der Waals surface area contributed by atoms with Crippen molar-refractivity contribution in [1.82, 2.24) is 25.2 Å². The van der Waals surface area contributed by atoms with Crippen LogP contribution in [0, 0.1) is 5.82 Å². The Morgan fingerprint density at radius 3 is 2.68 bits per heavy atom. The van der Waals surface area contributed by atoms with Crippen molar-refractivity contribution in [3.63, 3.8) is 0 Å². The van der Waals surface area contributed by atoms with E-state index < -0.39 is 5.82 Å². The predicted molar refractivity (Wildman–Crippen MR) is 78.2 cm³/mol. The van der Waals surface area contributed by atoms with Gasteiger partial charge in [0.2, 0.25) is 0 Å². The largest absolute Gasteiger partial charge is 0.505 e. The second kappa shape index (κ2) is 5.40. The molecule has 2 aromatic heterocycles. The van der Waals surface area contributed by atoms with Crippen molar-refractivity contribution in [1.29, 1.82) is 0 Å². The van der Waals surface area contributed by atoms with Crippen molar-refractivity contribution in [2.45, 2.75) is 0 Å². The zero-order valence-electron chi connectivity index (χ0n) is 12.0. The Kier molecular flexibility index (Phi) is 3.42. The third-order valence-electron chi connectivity index (χ3n) is 3.18. The summed E-state index contributed by atoms with van der Waals surface area (Å²) in [6, 6.07) is 7.90. The van der Waals surface area contributed by atoms with Gasteiger partial charge in [-0.3, -0.25) is 4.90 Å². The number of benzene rings is 1. The number of tetrazole rings is 1. The Balaban J connectivity index is 1.91. The number of pyridine rings is 1. The van der Waals surface area contributed by atoms with Crippen molar-refractivity contribution < 1.29 is 9.50 Å².